The van der Waals surface area contributed by atoms with E-state index in [1.54, 1.807) is 0 Å². The maximum absolute atomic E-state index is 12.4. The first kappa shape index (κ1) is 14.3. The Hall–Kier alpha value is -1.73. The molecule has 1 aromatic heterocycles. The fourth-order valence-corrected chi connectivity index (χ4v) is 1.52. The average molecular weight is 266 g/mol. The van der Waals surface area contributed by atoms with Crippen LogP contribution in [0.15, 0.2) is 17.2 Å². The SMILES string of the molecule is CCCn1ccn(CC(C(=O)O)C(F)(F)F)c1=O. The molecule has 18 heavy (non-hydrogen) atoms. The van der Waals surface area contributed by atoms with Crippen LogP contribution in [0, 0.1) is 5.92 Å². The minimum Gasteiger partial charge on any atom is -0.481 e. The molecule has 0 bridgehead atoms. The monoisotopic (exact) mass is 266 g/mol. The average Bonchev–Trinajstić information content (AvgIpc) is 2.56. The van der Waals surface area contributed by atoms with Crippen LogP contribution in [0.3, 0.4) is 0 Å². The molecule has 8 heteroatoms. The molecule has 0 amide bonds. The van der Waals surface area contributed by atoms with Gasteiger partial charge in [-0.25, -0.2) is 4.79 Å². The minimum atomic E-state index is -4.88. The van der Waals surface area contributed by atoms with Crippen LogP contribution in [0.25, 0.3) is 0 Å². The van der Waals surface area contributed by atoms with Crippen molar-refractivity contribution in [2.24, 2.45) is 5.92 Å². The maximum Gasteiger partial charge on any atom is 0.403 e. The highest BCUT2D eigenvalue weighted by atomic mass is 19.4. The second-order valence-corrected chi connectivity index (χ2v) is 3.86. The van der Waals surface area contributed by atoms with Crippen molar-refractivity contribution in [2.45, 2.75) is 32.6 Å². The Labute approximate surface area is 100 Å². The van der Waals surface area contributed by atoms with E-state index in [1.807, 2.05) is 6.92 Å². The lowest BCUT2D eigenvalue weighted by Crippen LogP contribution is -2.37. The number of hydrogen-bond acceptors (Lipinski definition) is 2. The van der Waals surface area contributed by atoms with Crippen LogP contribution >= 0.6 is 0 Å². The van der Waals surface area contributed by atoms with Gasteiger partial charge in [0.25, 0.3) is 0 Å². The molecule has 0 radical (unpaired) electrons. The standard InChI is InChI=1S/C10H13F3N2O3/c1-2-3-14-4-5-15(9(14)18)6-7(8(16)17)10(11,12)13/h4-5,7H,2-3,6H2,1H3,(H,16,17). The zero-order valence-electron chi connectivity index (χ0n) is 9.65. The molecule has 102 valence electrons. The van der Waals surface area contributed by atoms with E-state index < -0.39 is 30.3 Å². The molecule has 0 aliphatic heterocycles. The van der Waals surface area contributed by atoms with E-state index in [9.17, 15) is 22.8 Å². The molecule has 0 saturated heterocycles. The van der Waals surface area contributed by atoms with Crippen LogP contribution in [0.5, 0.6) is 0 Å². The first-order valence-electron chi connectivity index (χ1n) is 5.32. The first-order chi connectivity index (χ1) is 8.27. The van der Waals surface area contributed by atoms with Crippen molar-refractivity contribution in [3.63, 3.8) is 0 Å². The van der Waals surface area contributed by atoms with E-state index >= 15 is 0 Å². The van der Waals surface area contributed by atoms with Crippen molar-refractivity contribution < 1.29 is 23.1 Å². The predicted molar refractivity (Wildman–Crippen MR) is 56.2 cm³/mol. The third-order valence-corrected chi connectivity index (χ3v) is 2.45. The number of carboxylic acid groups (broad SMARTS) is 1. The summed E-state index contributed by atoms with van der Waals surface area (Å²) in [5.74, 6) is -4.56. The van der Waals surface area contributed by atoms with Gasteiger partial charge < -0.3 is 5.11 Å². The molecule has 1 N–H and O–H groups in total. The normalized spacial score (nSPS) is 13.6. The van der Waals surface area contributed by atoms with Gasteiger partial charge in [-0.1, -0.05) is 6.92 Å². The first-order valence-corrected chi connectivity index (χ1v) is 5.32. The van der Waals surface area contributed by atoms with E-state index in [2.05, 4.69) is 0 Å². The topological polar surface area (TPSA) is 64.2 Å². The van der Waals surface area contributed by atoms with Crippen molar-refractivity contribution >= 4 is 5.97 Å². The summed E-state index contributed by atoms with van der Waals surface area (Å²) in [7, 11) is 0. The number of aliphatic carboxylic acids is 1. The highest BCUT2D eigenvalue weighted by molar-refractivity contribution is 5.70. The number of aryl methyl sites for hydroxylation is 1. The lowest BCUT2D eigenvalue weighted by molar-refractivity contribution is -0.196. The number of carbonyl (C=O) groups is 1. The number of aromatic nitrogens is 2. The predicted octanol–water partition coefficient (Wildman–Crippen LogP) is 1.32. The van der Waals surface area contributed by atoms with Crippen LogP contribution in [0.1, 0.15) is 13.3 Å². The van der Waals surface area contributed by atoms with Crippen molar-refractivity contribution in [1.82, 2.24) is 9.13 Å². The molecular weight excluding hydrogens is 253 g/mol. The summed E-state index contributed by atoms with van der Waals surface area (Å²) in [6.07, 6.45) is -1.70. The fraction of sp³-hybridized carbons (Fsp3) is 0.600. The second-order valence-electron chi connectivity index (χ2n) is 3.86. The molecule has 0 spiro atoms. The molecule has 1 aromatic rings. The summed E-state index contributed by atoms with van der Waals surface area (Å²) in [5.41, 5.74) is -0.632. The largest absolute Gasteiger partial charge is 0.481 e. The summed E-state index contributed by atoms with van der Waals surface area (Å²) < 4.78 is 39.3. The Balaban J connectivity index is 2.96. The number of carboxylic acids is 1. The lowest BCUT2D eigenvalue weighted by atomic mass is 10.1. The van der Waals surface area contributed by atoms with Crippen LogP contribution in [0.2, 0.25) is 0 Å². The quantitative estimate of drug-likeness (QED) is 0.874. The van der Waals surface area contributed by atoms with Gasteiger partial charge in [-0.15, -0.1) is 0 Å². The van der Waals surface area contributed by atoms with E-state index in [0.29, 0.717) is 13.0 Å². The van der Waals surface area contributed by atoms with Crippen molar-refractivity contribution in [3.8, 4) is 0 Å². The molecule has 0 aliphatic carbocycles. The van der Waals surface area contributed by atoms with Gasteiger partial charge in [-0.2, -0.15) is 13.2 Å². The van der Waals surface area contributed by atoms with Crippen LogP contribution in [-0.4, -0.2) is 26.4 Å². The third-order valence-electron chi connectivity index (χ3n) is 2.45. The molecule has 0 fully saturated rings. The molecule has 1 atom stereocenters. The van der Waals surface area contributed by atoms with E-state index in [1.165, 1.54) is 17.0 Å². The molecular formula is C10H13F3N2O3. The van der Waals surface area contributed by atoms with Crippen LogP contribution in [0.4, 0.5) is 13.2 Å². The molecule has 5 nitrogen and oxygen atoms in total. The molecule has 0 saturated carbocycles. The van der Waals surface area contributed by atoms with Gasteiger partial charge in [-0.05, 0) is 6.42 Å². The number of hydrogen-bond donors (Lipinski definition) is 1. The van der Waals surface area contributed by atoms with Gasteiger partial charge >= 0.3 is 17.8 Å². The molecule has 1 rings (SSSR count). The molecule has 0 aromatic carbocycles. The highest BCUT2D eigenvalue weighted by Crippen LogP contribution is 2.27. The van der Waals surface area contributed by atoms with Crippen LogP contribution < -0.4 is 5.69 Å². The Bertz CT molecular complexity index is 475. The molecule has 1 heterocycles. The van der Waals surface area contributed by atoms with Gasteiger partial charge in [-0.3, -0.25) is 13.9 Å². The number of alkyl halides is 3. The van der Waals surface area contributed by atoms with Crippen molar-refractivity contribution in [2.75, 3.05) is 0 Å². The minimum absolute atomic E-state index is 0.385. The molecule has 0 aliphatic rings. The van der Waals surface area contributed by atoms with E-state index in [-0.39, 0.29) is 0 Å². The van der Waals surface area contributed by atoms with Crippen LogP contribution in [-0.2, 0) is 17.9 Å². The highest BCUT2D eigenvalue weighted by Gasteiger charge is 2.45. The van der Waals surface area contributed by atoms with E-state index in [4.69, 9.17) is 5.11 Å². The zero-order valence-corrected chi connectivity index (χ0v) is 9.65. The van der Waals surface area contributed by atoms with Crippen molar-refractivity contribution in [3.05, 3.63) is 22.9 Å². The summed E-state index contributed by atoms with van der Waals surface area (Å²) in [4.78, 5) is 22.2. The number of halogens is 3. The second kappa shape index (κ2) is 5.28. The van der Waals surface area contributed by atoms with Gasteiger partial charge in [0.1, 0.15) is 0 Å². The Morgan fingerprint density at radius 1 is 1.39 bits per heavy atom. The summed E-state index contributed by atoms with van der Waals surface area (Å²) in [5, 5.41) is 8.53. The zero-order chi connectivity index (χ0) is 13.9. The number of imidazole rings is 1. The van der Waals surface area contributed by atoms with Gasteiger partial charge in [0.05, 0.1) is 0 Å². The summed E-state index contributed by atoms with van der Waals surface area (Å²) >= 11 is 0. The smallest absolute Gasteiger partial charge is 0.403 e. The lowest BCUT2D eigenvalue weighted by Gasteiger charge is -2.15. The third kappa shape index (κ3) is 3.14. The fourth-order valence-electron chi connectivity index (χ4n) is 1.52. The Morgan fingerprint density at radius 2 is 1.94 bits per heavy atom. The van der Waals surface area contributed by atoms with Gasteiger partial charge in [0.2, 0.25) is 0 Å². The van der Waals surface area contributed by atoms with Gasteiger partial charge in [0, 0.05) is 25.5 Å². The number of rotatable bonds is 5. The number of nitrogens with zero attached hydrogens (tertiary/aromatic N) is 2. The Morgan fingerprint density at radius 3 is 2.39 bits per heavy atom. The van der Waals surface area contributed by atoms with Gasteiger partial charge in [0.15, 0.2) is 5.92 Å². The maximum atomic E-state index is 12.4. The van der Waals surface area contributed by atoms with Crippen molar-refractivity contribution in [1.29, 1.82) is 0 Å². The molecule has 1 unspecified atom stereocenters. The van der Waals surface area contributed by atoms with E-state index in [0.717, 1.165) is 4.57 Å². The summed E-state index contributed by atoms with van der Waals surface area (Å²) in [6.45, 7) is 1.30. The summed E-state index contributed by atoms with van der Waals surface area (Å²) in [6, 6.07) is 0. The Kier molecular flexibility index (Phi) is 4.20.